The molecule has 1 rings (SSSR count). The summed E-state index contributed by atoms with van der Waals surface area (Å²) in [7, 11) is 0. The summed E-state index contributed by atoms with van der Waals surface area (Å²) in [5, 5.41) is 0. The second-order valence-corrected chi connectivity index (χ2v) is 8.57. The highest BCUT2D eigenvalue weighted by molar-refractivity contribution is 5.87. The third-order valence-corrected chi connectivity index (χ3v) is 5.67. The van der Waals surface area contributed by atoms with Crippen LogP contribution in [0.15, 0.2) is 11.6 Å². The third kappa shape index (κ3) is 7.32. The number of ketones is 2. The first-order valence-corrected chi connectivity index (χ1v) is 9.98. The van der Waals surface area contributed by atoms with E-state index in [9.17, 15) is 9.59 Å². The van der Waals surface area contributed by atoms with Crippen LogP contribution in [-0.2, 0) is 9.59 Å². The average molecular weight is 335 g/mol. The van der Waals surface area contributed by atoms with E-state index in [1.165, 1.54) is 18.4 Å². The van der Waals surface area contributed by atoms with Crippen molar-refractivity contribution in [3.8, 4) is 0 Å². The zero-order chi connectivity index (χ0) is 18.2. The molecule has 0 saturated carbocycles. The van der Waals surface area contributed by atoms with Crippen molar-refractivity contribution in [2.75, 3.05) is 0 Å². The van der Waals surface area contributed by atoms with Crippen LogP contribution in [0.4, 0.5) is 0 Å². The molecule has 0 aromatic heterocycles. The highest BCUT2D eigenvalue weighted by Gasteiger charge is 2.33. The SMILES string of the molecule is CCC1CC(C)CCC/C(C)=C/CCCC(=O)CCC(C)(C)C1=O. The molecule has 0 saturated heterocycles. The van der Waals surface area contributed by atoms with Gasteiger partial charge in [0.1, 0.15) is 11.6 Å². The Bertz CT molecular complexity index is 445. The predicted molar refractivity (Wildman–Crippen MR) is 102 cm³/mol. The van der Waals surface area contributed by atoms with Crippen molar-refractivity contribution in [3.63, 3.8) is 0 Å². The molecule has 0 radical (unpaired) electrons. The van der Waals surface area contributed by atoms with Gasteiger partial charge < -0.3 is 0 Å². The Hall–Kier alpha value is -0.920. The molecule has 0 bridgehead atoms. The molecule has 2 atom stereocenters. The maximum Gasteiger partial charge on any atom is 0.141 e. The zero-order valence-electron chi connectivity index (χ0n) is 16.6. The first-order valence-electron chi connectivity index (χ1n) is 9.98. The fraction of sp³-hybridized carbons (Fsp3) is 0.818. The van der Waals surface area contributed by atoms with Gasteiger partial charge in [0.15, 0.2) is 0 Å². The number of carbonyl (C=O) groups is 2. The van der Waals surface area contributed by atoms with E-state index in [0.29, 0.717) is 36.7 Å². The summed E-state index contributed by atoms with van der Waals surface area (Å²) >= 11 is 0. The van der Waals surface area contributed by atoms with Crippen LogP contribution in [0.5, 0.6) is 0 Å². The maximum atomic E-state index is 13.0. The van der Waals surface area contributed by atoms with Crippen LogP contribution in [0.3, 0.4) is 0 Å². The first kappa shape index (κ1) is 21.1. The molecule has 0 aliphatic heterocycles. The lowest BCUT2D eigenvalue weighted by Gasteiger charge is -2.29. The van der Waals surface area contributed by atoms with Gasteiger partial charge in [-0.2, -0.15) is 0 Å². The molecule has 1 aliphatic carbocycles. The molecule has 2 unspecified atom stereocenters. The molecule has 24 heavy (non-hydrogen) atoms. The van der Waals surface area contributed by atoms with Crippen molar-refractivity contribution >= 4 is 11.6 Å². The molecular weight excluding hydrogens is 296 g/mol. The molecule has 0 spiro atoms. The van der Waals surface area contributed by atoms with E-state index in [1.54, 1.807) is 0 Å². The summed E-state index contributed by atoms with van der Waals surface area (Å²) in [6, 6.07) is 0. The summed E-state index contributed by atoms with van der Waals surface area (Å²) in [5.41, 5.74) is 1.08. The highest BCUT2D eigenvalue weighted by Crippen LogP contribution is 2.33. The van der Waals surface area contributed by atoms with Gasteiger partial charge in [0.25, 0.3) is 0 Å². The summed E-state index contributed by atoms with van der Waals surface area (Å²) in [5.74, 6) is 1.43. The second kappa shape index (κ2) is 10.2. The first-order chi connectivity index (χ1) is 11.3. The van der Waals surface area contributed by atoms with Crippen LogP contribution < -0.4 is 0 Å². The van der Waals surface area contributed by atoms with Crippen molar-refractivity contribution in [3.05, 3.63) is 11.6 Å². The van der Waals surface area contributed by atoms with Gasteiger partial charge in [-0.05, 0) is 57.8 Å². The van der Waals surface area contributed by atoms with E-state index in [1.807, 2.05) is 13.8 Å². The Morgan fingerprint density at radius 3 is 2.50 bits per heavy atom. The van der Waals surface area contributed by atoms with E-state index in [-0.39, 0.29) is 11.3 Å². The number of hydrogen-bond acceptors (Lipinski definition) is 2. The van der Waals surface area contributed by atoms with E-state index >= 15 is 0 Å². The quantitative estimate of drug-likeness (QED) is 0.528. The van der Waals surface area contributed by atoms with E-state index < -0.39 is 0 Å². The lowest BCUT2D eigenvalue weighted by molar-refractivity contribution is -0.132. The topological polar surface area (TPSA) is 34.1 Å². The van der Waals surface area contributed by atoms with Crippen LogP contribution in [-0.4, -0.2) is 11.6 Å². The van der Waals surface area contributed by atoms with Gasteiger partial charge in [-0.1, -0.05) is 45.8 Å². The average Bonchev–Trinajstić information content (AvgIpc) is 2.53. The Balaban J connectivity index is 2.82. The molecule has 0 heterocycles. The third-order valence-electron chi connectivity index (χ3n) is 5.67. The van der Waals surface area contributed by atoms with E-state index in [0.717, 1.165) is 32.1 Å². The van der Waals surface area contributed by atoms with Crippen molar-refractivity contribution in [1.82, 2.24) is 0 Å². The monoisotopic (exact) mass is 334 g/mol. The van der Waals surface area contributed by atoms with Crippen LogP contribution in [0, 0.1) is 17.3 Å². The normalized spacial score (nSPS) is 30.6. The molecule has 2 nitrogen and oxygen atoms in total. The summed E-state index contributed by atoms with van der Waals surface area (Å²) < 4.78 is 0. The zero-order valence-corrected chi connectivity index (χ0v) is 16.6. The fourth-order valence-electron chi connectivity index (χ4n) is 3.79. The minimum absolute atomic E-state index is 0.148. The largest absolute Gasteiger partial charge is 0.300 e. The highest BCUT2D eigenvalue weighted by atomic mass is 16.1. The summed E-state index contributed by atoms with van der Waals surface area (Å²) in [6.07, 6.45) is 11.6. The number of hydrogen-bond donors (Lipinski definition) is 0. The Morgan fingerprint density at radius 2 is 1.83 bits per heavy atom. The number of allylic oxidation sites excluding steroid dienone is 2. The molecule has 0 aromatic carbocycles. The number of rotatable bonds is 1. The van der Waals surface area contributed by atoms with Gasteiger partial charge >= 0.3 is 0 Å². The molecular formula is C22H38O2. The predicted octanol–water partition coefficient (Wildman–Crippen LogP) is 6.28. The lowest BCUT2D eigenvalue weighted by atomic mass is 9.73. The van der Waals surface area contributed by atoms with Crippen molar-refractivity contribution in [2.24, 2.45) is 17.3 Å². The Morgan fingerprint density at radius 1 is 1.12 bits per heavy atom. The van der Waals surface area contributed by atoms with Gasteiger partial charge in [-0.15, -0.1) is 0 Å². The second-order valence-electron chi connectivity index (χ2n) is 8.57. The van der Waals surface area contributed by atoms with Gasteiger partial charge in [0.2, 0.25) is 0 Å². The molecule has 1 aliphatic rings. The standard InChI is InChI=1S/C22H38O2/c1-6-19-16-18(3)12-9-11-17(2)10-7-8-13-20(23)14-15-22(4,5)21(19)24/h10,18-19H,6-9,11-16H2,1-5H3/b17-10+. The number of Topliss-reactive ketones (excluding diaryl/α,β-unsaturated/α-hetero) is 2. The summed E-state index contributed by atoms with van der Waals surface area (Å²) in [6.45, 7) is 10.7. The van der Waals surface area contributed by atoms with Crippen molar-refractivity contribution in [1.29, 1.82) is 0 Å². The Labute approximate surface area is 149 Å². The minimum Gasteiger partial charge on any atom is -0.300 e. The van der Waals surface area contributed by atoms with Gasteiger partial charge in [0.05, 0.1) is 0 Å². The molecule has 0 amide bonds. The van der Waals surface area contributed by atoms with Gasteiger partial charge in [-0.25, -0.2) is 0 Å². The smallest absolute Gasteiger partial charge is 0.141 e. The number of carbonyl (C=O) groups excluding carboxylic acids is 2. The minimum atomic E-state index is -0.371. The Kier molecular flexibility index (Phi) is 8.94. The fourth-order valence-corrected chi connectivity index (χ4v) is 3.79. The molecule has 2 heteroatoms. The summed E-state index contributed by atoms with van der Waals surface area (Å²) in [4.78, 5) is 25.1. The molecule has 0 fully saturated rings. The van der Waals surface area contributed by atoms with Crippen molar-refractivity contribution < 1.29 is 9.59 Å². The van der Waals surface area contributed by atoms with Crippen LogP contribution in [0.25, 0.3) is 0 Å². The van der Waals surface area contributed by atoms with E-state index in [4.69, 9.17) is 0 Å². The van der Waals surface area contributed by atoms with Gasteiger partial charge in [0, 0.05) is 24.2 Å². The molecule has 0 N–H and O–H groups in total. The lowest BCUT2D eigenvalue weighted by Crippen LogP contribution is -2.32. The molecule has 0 aromatic rings. The van der Waals surface area contributed by atoms with Gasteiger partial charge in [-0.3, -0.25) is 9.59 Å². The van der Waals surface area contributed by atoms with Crippen molar-refractivity contribution in [2.45, 2.75) is 98.8 Å². The van der Waals surface area contributed by atoms with Crippen LogP contribution in [0.1, 0.15) is 98.8 Å². The maximum absolute atomic E-state index is 13.0. The van der Waals surface area contributed by atoms with Crippen LogP contribution in [0.2, 0.25) is 0 Å². The van der Waals surface area contributed by atoms with E-state index in [2.05, 4.69) is 26.8 Å². The van der Waals surface area contributed by atoms with Crippen LogP contribution >= 0.6 is 0 Å². The molecule has 138 valence electrons.